The van der Waals surface area contributed by atoms with Crippen molar-refractivity contribution >= 4 is 40.6 Å². The maximum Gasteiger partial charge on any atom is 0.179 e. The van der Waals surface area contributed by atoms with E-state index in [-0.39, 0.29) is 17.1 Å². The van der Waals surface area contributed by atoms with Gasteiger partial charge in [-0.1, -0.05) is 30.1 Å². The van der Waals surface area contributed by atoms with Crippen LogP contribution in [0.1, 0.15) is 19.8 Å². The molecule has 0 bridgehead atoms. The van der Waals surface area contributed by atoms with Crippen LogP contribution in [0.3, 0.4) is 0 Å². The van der Waals surface area contributed by atoms with Gasteiger partial charge in [0.1, 0.15) is 0 Å². The van der Waals surface area contributed by atoms with Gasteiger partial charge in [0.15, 0.2) is 10.1 Å². The molecule has 64 valence electrons. The quantitative estimate of drug-likeness (QED) is 0.568. The largest absolute Gasteiger partial charge is 0.296 e. The number of carbonyl (C=O) groups is 1. The molecule has 1 saturated carbocycles. The molecule has 1 aliphatic rings. The third-order valence-electron chi connectivity index (χ3n) is 2.13. The van der Waals surface area contributed by atoms with Crippen molar-refractivity contribution in [3.05, 3.63) is 0 Å². The van der Waals surface area contributed by atoms with Crippen molar-refractivity contribution < 1.29 is 4.79 Å². The molecule has 0 aromatic rings. The third kappa shape index (κ3) is 1.66. The molecule has 2 atom stereocenters. The number of hydrogen-bond donors (Lipinski definition) is 0. The van der Waals surface area contributed by atoms with Gasteiger partial charge in [-0.3, -0.25) is 4.79 Å². The second kappa shape index (κ2) is 3.12. The maximum atomic E-state index is 11.1. The maximum absolute atomic E-state index is 11.1. The molecule has 0 unspecified atom stereocenters. The molecule has 0 radical (unpaired) electrons. The molecule has 0 amide bonds. The van der Waals surface area contributed by atoms with Gasteiger partial charge in [-0.25, -0.2) is 0 Å². The van der Waals surface area contributed by atoms with Crippen LogP contribution in [0.5, 0.6) is 0 Å². The fourth-order valence-electron chi connectivity index (χ4n) is 1.17. The van der Waals surface area contributed by atoms with Gasteiger partial charge in [0, 0.05) is 17.7 Å². The third-order valence-corrected chi connectivity index (χ3v) is 3.84. The number of rotatable bonds is 0. The Bertz CT molecular complexity index is 179. The van der Waals surface area contributed by atoms with Crippen LogP contribution < -0.4 is 0 Å². The van der Waals surface area contributed by atoms with Crippen LogP contribution in [0.4, 0.5) is 0 Å². The number of halogens is 3. The molecule has 1 nitrogen and oxygen atoms in total. The van der Waals surface area contributed by atoms with Gasteiger partial charge in [0.25, 0.3) is 0 Å². The van der Waals surface area contributed by atoms with Crippen LogP contribution in [0.15, 0.2) is 0 Å². The molecular weight excluding hydrogens is 206 g/mol. The summed E-state index contributed by atoms with van der Waals surface area (Å²) >= 11 is 17.5. The Morgan fingerprint density at radius 3 is 2.55 bits per heavy atom. The van der Waals surface area contributed by atoms with Crippen LogP contribution in [0.25, 0.3) is 0 Å². The van der Waals surface area contributed by atoms with Crippen molar-refractivity contribution in [1.82, 2.24) is 0 Å². The highest BCUT2D eigenvalue weighted by Crippen LogP contribution is 2.41. The van der Waals surface area contributed by atoms with Crippen molar-refractivity contribution in [2.45, 2.75) is 29.5 Å². The van der Waals surface area contributed by atoms with Crippen molar-refractivity contribution in [1.29, 1.82) is 0 Å². The minimum atomic E-state index is -1.26. The molecule has 11 heavy (non-hydrogen) atoms. The SMILES string of the molecule is C[C@@H]1[C@@H](Cl)CCC(=O)C1(Cl)Cl. The van der Waals surface area contributed by atoms with E-state index in [0.29, 0.717) is 12.8 Å². The average Bonchev–Trinajstić information content (AvgIpc) is 1.95. The molecule has 0 heterocycles. The molecule has 0 saturated heterocycles. The second-order valence-corrected chi connectivity index (χ2v) is 4.84. The van der Waals surface area contributed by atoms with E-state index in [1.54, 1.807) is 6.92 Å². The van der Waals surface area contributed by atoms with Gasteiger partial charge in [-0.15, -0.1) is 11.6 Å². The lowest BCUT2D eigenvalue weighted by Gasteiger charge is -2.33. The van der Waals surface area contributed by atoms with Crippen LogP contribution in [0, 0.1) is 5.92 Å². The van der Waals surface area contributed by atoms with E-state index in [0.717, 1.165) is 0 Å². The molecule has 0 aromatic heterocycles. The zero-order valence-electron chi connectivity index (χ0n) is 6.11. The summed E-state index contributed by atoms with van der Waals surface area (Å²) in [6.07, 6.45) is 1.08. The van der Waals surface area contributed by atoms with Gasteiger partial charge in [0.2, 0.25) is 0 Å². The van der Waals surface area contributed by atoms with Gasteiger partial charge >= 0.3 is 0 Å². The van der Waals surface area contributed by atoms with E-state index < -0.39 is 4.33 Å². The standard InChI is InChI=1S/C7H9Cl3O/c1-4-5(8)2-3-6(11)7(4,9)10/h4-5H,2-3H2,1H3/t4-,5+/m1/s1. The van der Waals surface area contributed by atoms with E-state index in [2.05, 4.69) is 0 Å². The minimum absolute atomic E-state index is 0.0808. The summed E-state index contributed by atoms with van der Waals surface area (Å²) in [5, 5.41) is -0.0808. The van der Waals surface area contributed by atoms with Crippen LogP contribution in [-0.2, 0) is 4.79 Å². The Labute approximate surface area is 81.0 Å². The Balaban J connectivity index is 2.80. The Morgan fingerprint density at radius 2 is 2.09 bits per heavy atom. The summed E-state index contributed by atoms with van der Waals surface area (Å²) in [7, 11) is 0. The molecule has 1 aliphatic carbocycles. The van der Waals surface area contributed by atoms with Crippen molar-refractivity contribution in [3.63, 3.8) is 0 Å². The molecule has 0 aliphatic heterocycles. The number of carbonyl (C=O) groups excluding carboxylic acids is 1. The topological polar surface area (TPSA) is 17.1 Å². The van der Waals surface area contributed by atoms with E-state index >= 15 is 0 Å². The highest BCUT2D eigenvalue weighted by molar-refractivity contribution is 6.59. The summed E-state index contributed by atoms with van der Waals surface area (Å²) < 4.78 is -1.26. The molecular formula is C7H9Cl3O. The smallest absolute Gasteiger partial charge is 0.179 e. The van der Waals surface area contributed by atoms with Crippen molar-refractivity contribution in [2.24, 2.45) is 5.92 Å². The summed E-state index contributed by atoms with van der Waals surface area (Å²) in [6, 6.07) is 0. The average molecular weight is 216 g/mol. The lowest BCUT2D eigenvalue weighted by atomic mass is 9.88. The van der Waals surface area contributed by atoms with Gasteiger partial charge in [-0.2, -0.15) is 0 Å². The highest BCUT2D eigenvalue weighted by Gasteiger charge is 2.45. The molecule has 0 spiro atoms. The first-order valence-corrected chi connectivity index (χ1v) is 4.70. The number of alkyl halides is 3. The van der Waals surface area contributed by atoms with E-state index in [4.69, 9.17) is 34.8 Å². The number of ketones is 1. The Kier molecular flexibility index (Phi) is 2.73. The van der Waals surface area contributed by atoms with Crippen molar-refractivity contribution in [2.75, 3.05) is 0 Å². The van der Waals surface area contributed by atoms with Crippen LogP contribution in [-0.4, -0.2) is 15.5 Å². The molecule has 0 aromatic carbocycles. The monoisotopic (exact) mass is 214 g/mol. The Morgan fingerprint density at radius 1 is 1.55 bits per heavy atom. The van der Waals surface area contributed by atoms with Crippen LogP contribution >= 0.6 is 34.8 Å². The lowest BCUT2D eigenvalue weighted by molar-refractivity contribution is -0.122. The predicted molar refractivity (Wildman–Crippen MR) is 47.5 cm³/mol. The fraction of sp³-hybridized carbons (Fsp3) is 0.857. The van der Waals surface area contributed by atoms with Gasteiger partial charge in [0.05, 0.1) is 0 Å². The second-order valence-electron chi connectivity index (χ2n) is 2.89. The molecule has 0 N–H and O–H groups in total. The molecule has 1 fully saturated rings. The predicted octanol–water partition coefficient (Wildman–Crippen LogP) is 2.77. The summed E-state index contributed by atoms with van der Waals surface area (Å²) in [4.78, 5) is 11.1. The summed E-state index contributed by atoms with van der Waals surface area (Å²) in [5.41, 5.74) is 0. The normalized spacial score (nSPS) is 37.3. The first-order valence-electron chi connectivity index (χ1n) is 3.51. The first-order chi connectivity index (χ1) is 4.96. The van der Waals surface area contributed by atoms with Gasteiger partial charge < -0.3 is 0 Å². The Hall–Kier alpha value is 0.540. The summed E-state index contributed by atoms with van der Waals surface area (Å²) in [5.74, 6) is -0.265. The van der Waals surface area contributed by atoms with E-state index in [1.807, 2.05) is 0 Å². The lowest BCUT2D eigenvalue weighted by Crippen LogP contribution is -2.42. The van der Waals surface area contributed by atoms with Gasteiger partial charge in [-0.05, 0) is 6.42 Å². The number of hydrogen-bond acceptors (Lipinski definition) is 1. The van der Waals surface area contributed by atoms with Crippen LogP contribution in [0.2, 0.25) is 0 Å². The fourth-order valence-corrected chi connectivity index (χ4v) is 2.09. The number of Topliss-reactive ketones (excluding diaryl/α,β-unsaturated/α-hetero) is 1. The zero-order chi connectivity index (χ0) is 8.65. The zero-order valence-corrected chi connectivity index (χ0v) is 8.38. The molecule has 4 heteroatoms. The minimum Gasteiger partial charge on any atom is -0.296 e. The summed E-state index contributed by atoms with van der Waals surface area (Å²) in [6.45, 7) is 1.80. The molecule has 1 rings (SSSR count). The van der Waals surface area contributed by atoms with E-state index in [9.17, 15) is 4.79 Å². The highest BCUT2D eigenvalue weighted by atomic mass is 35.5. The van der Waals surface area contributed by atoms with Crippen molar-refractivity contribution in [3.8, 4) is 0 Å². The van der Waals surface area contributed by atoms with E-state index in [1.165, 1.54) is 0 Å². The first kappa shape index (κ1) is 9.63.